The molecule has 1 saturated heterocycles. The van der Waals surface area contributed by atoms with E-state index >= 15 is 0 Å². The maximum atomic E-state index is 13.7. The van der Waals surface area contributed by atoms with Crippen LogP contribution in [0.4, 0.5) is 13.2 Å². The first-order chi connectivity index (χ1) is 16.7. The molecule has 0 saturated carbocycles. The number of halogens is 3. The van der Waals surface area contributed by atoms with Crippen LogP contribution in [0, 0.1) is 0 Å². The number of fused-ring (bicyclic) bond motifs is 4. The molecule has 0 unspecified atom stereocenters. The van der Waals surface area contributed by atoms with Gasteiger partial charge in [0.05, 0.1) is 23.0 Å². The Kier molecular flexibility index (Phi) is 5.77. The van der Waals surface area contributed by atoms with Crippen LogP contribution >= 0.6 is 0 Å². The van der Waals surface area contributed by atoms with E-state index in [9.17, 15) is 18.0 Å². The Labute approximate surface area is 202 Å². The molecule has 1 spiro atoms. The predicted octanol–water partition coefficient (Wildman–Crippen LogP) is 6.20. The zero-order valence-electron chi connectivity index (χ0n) is 19.6. The predicted molar refractivity (Wildman–Crippen MR) is 125 cm³/mol. The Bertz CT molecular complexity index is 1240. The molecule has 35 heavy (non-hydrogen) atoms. The van der Waals surface area contributed by atoms with Gasteiger partial charge < -0.3 is 18.9 Å². The average Bonchev–Trinajstić information content (AvgIpc) is 3.35. The lowest BCUT2D eigenvalue weighted by Crippen LogP contribution is -2.50. The molecule has 1 amide bonds. The Hall–Kier alpha value is -3.42. The maximum Gasteiger partial charge on any atom is 0.419 e. The maximum absolute atomic E-state index is 13.7. The van der Waals surface area contributed by atoms with Crippen LogP contribution in [0.3, 0.4) is 0 Å². The van der Waals surface area contributed by atoms with Crippen LogP contribution in [0.2, 0.25) is 0 Å². The van der Waals surface area contributed by atoms with E-state index in [2.05, 4.69) is 4.57 Å². The largest absolute Gasteiger partial charge is 0.490 e. The Balaban J connectivity index is 1.37. The number of amides is 1. The van der Waals surface area contributed by atoms with Gasteiger partial charge >= 0.3 is 6.18 Å². The van der Waals surface area contributed by atoms with Gasteiger partial charge in [0.1, 0.15) is 11.5 Å². The van der Waals surface area contributed by atoms with Crippen molar-refractivity contribution in [1.82, 2.24) is 9.47 Å². The number of piperidine rings is 1. The van der Waals surface area contributed by atoms with Crippen molar-refractivity contribution in [3.8, 4) is 17.2 Å². The quantitative estimate of drug-likeness (QED) is 0.443. The number of benzene rings is 2. The molecular weight excluding hydrogens is 457 g/mol. The first-order valence-corrected chi connectivity index (χ1v) is 11.9. The van der Waals surface area contributed by atoms with E-state index < -0.39 is 23.2 Å². The minimum absolute atomic E-state index is 0.00283. The van der Waals surface area contributed by atoms with Gasteiger partial charge in [0.2, 0.25) is 0 Å². The summed E-state index contributed by atoms with van der Waals surface area (Å²) in [5, 5.41) is 0. The normalized spacial score (nSPS) is 17.3. The third kappa shape index (κ3) is 4.15. The molecule has 1 fully saturated rings. The number of alkyl halides is 3. The highest BCUT2D eigenvalue weighted by Gasteiger charge is 2.45. The van der Waals surface area contributed by atoms with Gasteiger partial charge in [-0.25, -0.2) is 0 Å². The Morgan fingerprint density at radius 3 is 2.57 bits per heavy atom. The van der Waals surface area contributed by atoms with Crippen LogP contribution in [0.1, 0.15) is 54.7 Å². The lowest BCUT2D eigenvalue weighted by atomic mass is 9.86. The van der Waals surface area contributed by atoms with Gasteiger partial charge in [-0.2, -0.15) is 13.2 Å². The van der Waals surface area contributed by atoms with Crippen LogP contribution in [0.5, 0.6) is 11.5 Å². The van der Waals surface area contributed by atoms with Crippen molar-refractivity contribution in [2.24, 2.45) is 0 Å². The number of carbonyl (C=O) groups excluding carboxylic acids is 1. The zero-order chi connectivity index (χ0) is 24.8. The third-order valence-corrected chi connectivity index (χ3v) is 6.94. The summed E-state index contributed by atoms with van der Waals surface area (Å²) in [6.45, 7) is 4.30. The summed E-state index contributed by atoms with van der Waals surface area (Å²) < 4.78 is 55.3. The smallest absolute Gasteiger partial charge is 0.419 e. The highest BCUT2D eigenvalue weighted by molar-refractivity contribution is 5.94. The lowest BCUT2D eigenvalue weighted by molar-refractivity contribution is -0.139. The van der Waals surface area contributed by atoms with Crippen LogP contribution < -0.4 is 9.47 Å². The van der Waals surface area contributed by atoms with Crippen LogP contribution in [0.15, 0.2) is 60.8 Å². The van der Waals surface area contributed by atoms with E-state index in [1.165, 1.54) is 12.1 Å². The number of carbonyl (C=O) groups is 1. The van der Waals surface area contributed by atoms with E-state index in [4.69, 9.17) is 9.47 Å². The SMILES string of the molecule is CC[C@H](C)Oc1ccc(C(=O)N2CCC3(CC2)Oc2ccccc2-n2cccc23)cc1C(F)(F)F. The number of likely N-dealkylation sites (tertiary alicyclic amines) is 1. The highest BCUT2D eigenvalue weighted by atomic mass is 19.4. The molecular formula is C27H27F3N2O3. The molecule has 0 bridgehead atoms. The van der Waals surface area contributed by atoms with Crippen LogP contribution in [-0.2, 0) is 11.8 Å². The fourth-order valence-corrected chi connectivity index (χ4v) is 4.87. The third-order valence-electron chi connectivity index (χ3n) is 6.94. The second-order valence-electron chi connectivity index (χ2n) is 9.17. The summed E-state index contributed by atoms with van der Waals surface area (Å²) in [7, 11) is 0. The van der Waals surface area contributed by atoms with Crippen molar-refractivity contribution in [1.29, 1.82) is 0 Å². The molecule has 2 aliphatic heterocycles. The molecule has 3 aromatic rings. The van der Waals surface area contributed by atoms with E-state index in [1.807, 2.05) is 49.5 Å². The van der Waals surface area contributed by atoms with E-state index in [0.29, 0.717) is 32.4 Å². The van der Waals surface area contributed by atoms with Crippen molar-refractivity contribution >= 4 is 5.91 Å². The second kappa shape index (κ2) is 8.66. The summed E-state index contributed by atoms with van der Waals surface area (Å²) in [5.41, 5.74) is 0.482. The minimum atomic E-state index is -4.63. The average molecular weight is 485 g/mol. The van der Waals surface area contributed by atoms with Crippen molar-refractivity contribution in [2.75, 3.05) is 13.1 Å². The topological polar surface area (TPSA) is 43.7 Å². The number of hydrogen-bond acceptors (Lipinski definition) is 3. The van der Waals surface area contributed by atoms with Crippen LogP contribution in [0.25, 0.3) is 5.69 Å². The van der Waals surface area contributed by atoms with Gasteiger partial charge in [-0.05, 0) is 55.8 Å². The minimum Gasteiger partial charge on any atom is -0.490 e. The summed E-state index contributed by atoms with van der Waals surface area (Å²) in [6, 6.07) is 15.4. The van der Waals surface area contributed by atoms with Gasteiger partial charge in [-0.3, -0.25) is 4.79 Å². The number of aromatic nitrogens is 1. The lowest BCUT2D eigenvalue weighted by Gasteiger charge is -2.45. The summed E-state index contributed by atoms with van der Waals surface area (Å²) >= 11 is 0. The van der Waals surface area contributed by atoms with Gasteiger partial charge in [0, 0.05) is 37.7 Å². The number of para-hydroxylation sites is 2. The van der Waals surface area contributed by atoms with Crippen molar-refractivity contribution in [3.05, 3.63) is 77.6 Å². The van der Waals surface area contributed by atoms with Crippen LogP contribution in [-0.4, -0.2) is 34.6 Å². The summed E-state index contributed by atoms with van der Waals surface area (Å²) in [4.78, 5) is 14.8. The van der Waals surface area contributed by atoms with Gasteiger partial charge in [-0.1, -0.05) is 19.1 Å². The van der Waals surface area contributed by atoms with Crippen molar-refractivity contribution in [3.63, 3.8) is 0 Å². The van der Waals surface area contributed by atoms with Gasteiger partial charge in [-0.15, -0.1) is 0 Å². The molecule has 0 aliphatic carbocycles. The fourth-order valence-electron chi connectivity index (χ4n) is 4.87. The second-order valence-corrected chi connectivity index (χ2v) is 9.17. The summed E-state index contributed by atoms with van der Waals surface area (Å²) in [6.07, 6.45) is -1.34. The van der Waals surface area contributed by atoms with E-state index in [-0.39, 0.29) is 17.4 Å². The first kappa shape index (κ1) is 23.3. The number of ether oxygens (including phenoxy) is 2. The summed E-state index contributed by atoms with van der Waals surface area (Å²) in [5.74, 6) is 0.103. The molecule has 2 aliphatic rings. The Morgan fingerprint density at radius 2 is 1.86 bits per heavy atom. The molecule has 1 atom stereocenters. The molecule has 2 aromatic carbocycles. The molecule has 3 heterocycles. The van der Waals surface area contributed by atoms with E-state index in [0.717, 1.165) is 23.2 Å². The van der Waals surface area contributed by atoms with Crippen molar-refractivity contribution < 1.29 is 27.4 Å². The highest BCUT2D eigenvalue weighted by Crippen LogP contribution is 2.45. The standard InChI is InChI=1S/C27H27F3N2O3/c1-3-18(2)34-22-11-10-19(17-20(22)27(28,29)30)25(33)31-15-12-26(13-16-31)24-9-6-14-32(24)21-7-4-5-8-23(21)35-26/h4-11,14,17-18H,3,12-13,15-16H2,1-2H3/t18-/m0/s1. The molecule has 8 heteroatoms. The molecule has 184 valence electrons. The zero-order valence-corrected chi connectivity index (χ0v) is 19.6. The van der Waals surface area contributed by atoms with E-state index in [1.54, 1.807) is 11.8 Å². The molecule has 0 N–H and O–H groups in total. The Morgan fingerprint density at radius 1 is 1.11 bits per heavy atom. The van der Waals surface area contributed by atoms with Crippen molar-refractivity contribution in [2.45, 2.75) is 51.0 Å². The first-order valence-electron chi connectivity index (χ1n) is 11.9. The number of hydrogen-bond donors (Lipinski definition) is 0. The molecule has 1 aromatic heterocycles. The monoisotopic (exact) mass is 484 g/mol. The fraction of sp³-hybridized carbons (Fsp3) is 0.370. The van der Waals surface area contributed by atoms with Gasteiger partial charge in [0.25, 0.3) is 5.91 Å². The van der Waals surface area contributed by atoms with Gasteiger partial charge in [0.15, 0.2) is 5.60 Å². The number of rotatable bonds is 4. The molecule has 5 rings (SSSR count). The molecule has 5 nitrogen and oxygen atoms in total. The molecule has 0 radical (unpaired) electrons. The number of nitrogens with zero attached hydrogens (tertiary/aromatic N) is 2.